The number of allylic oxidation sites excluding steroid dienone is 1. The maximum Gasteiger partial charge on any atom is 0.310 e. The summed E-state index contributed by atoms with van der Waals surface area (Å²) in [5.41, 5.74) is 0.966. The third-order valence-corrected chi connectivity index (χ3v) is 3.55. The van der Waals surface area contributed by atoms with Crippen molar-refractivity contribution in [3.8, 4) is 0 Å². The van der Waals surface area contributed by atoms with Gasteiger partial charge in [-0.3, -0.25) is 9.59 Å². The molecule has 0 aliphatic rings. The van der Waals surface area contributed by atoms with Crippen LogP contribution in [0.1, 0.15) is 60.3 Å². The van der Waals surface area contributed by atoms with E-state index >= 15 is 0 Å². The summed E-state index contributed by atoms with van der Waals surface area (Å²) in [5, 5.41) is 17.8. The van der Waals surface area contributed by atoms with Gasteiger partial charge < -0.3 is 10.2 Å². The SMILES string of the molecule is CC(=CC(CC(=O)O)C(=O)O)CC(C)CC(C)CC(C)C. The minimum atomic E-state index is -1.08. The zero-order valence-corrected chi connectivity index (χ0v) is 13.9. The number of carboxylic acid groups (broad SMARTS) is 2. The van der Waals surface area contributed by atoms with Crippen molar-refractivity contribution >= 4 is 11.9 Å². The van der Waals surface area contributed by atoms with Crippen LogP contribution in [0.3, 0.4) is 0 Å². The predicted octanol–water partition coefficient (Wildman–Crippen LogP) is 4.21. The molecule has 3 atom stereocenters. The number of carboxylic acids is 2. The highest BCUT2D eigenvalue weighted by Gasteiger charge is 2.19. The molecule has 0 bridgehead atoms. The van der Waals surface area contributed by atoms with Gasteiger partial charge in [0.15, 0.2) is 0 Å². The van der Waals surface area contributed by atoms with Crippen LogP contribution in [0, 0.1) is 23.7 Å². The molecule has 4 nitrogen and oxygen atoms in total. The van der Waals surface area contributed by atoms with Gasteiger partial charge in [-0.05, 0) is 43.9 Å². The first-order valence-corrected chi connectivity index (χ1v) is 7.73. The third kappa shape index (κ3) is 10.1. The molecule has 4 heteroatoms. The molecule has 0 aromatic heterocycles. The van der Waals surface area contributed by atoms with Crippen LogP contribution in [0.5, 0.6) is 0 Å². The van der Waals surface area contributed by atoms with Gasteiger partial charge in [0, 0.05) is 0 Å². The van der Waals surface area contributed by atoms with Crippen molar-refractivity contribution < 1.29 is 19.8 Å². The first-order valence-electron chi connectivity index (χ1n) is 7.73. The van der Waals surface area contributed by atoms with E-state index < -0.39 is 17.9 Å². The second-order valence-corrected chi connectivity index (χ2v) is 6.84. The van der Waals surface area contributed by atoms with Crippen molar-refractivity contribution in [1.82, 2.24) is 0 Å². The summed E-state index contributed by atoms with van der Waals surface area (Å²) >= 11 is 0. The van der Waals surface area contributed by atoms with Gasteiger partial charge >= 0.3 is 11.9 Å². The minimum absolute atomic E-state index is 0.356. The fraction of sp³-hybridized carbons (Fsp3) is 0.765. The Kier molecular flexibility index (Phi) is 8.98. The van der Waals surface area contributed by atoms with Gasteiger partial charge in [-0.25, -0.2) is 0 Å². The normalized spacial score (nSPS) is 16.6. The molecule has 0 rings (SSSR count). The summed E-state index contributed by atoms with van der Waals surface area (Å²) in [5.74, 6) is -1.25. The molecule has 0 saturated carbocycles. The zero-order valence-electron chi connectivity index (χ0n) is 13.9. The van der Waals surface area contributed by atoms with Crippen molar-refractivity contribution in [3.63, 3.8) is 0 Å². The Hall–Kier alpha value is -1.32. The molecule has 0 saturated heterocycles. The van der Waals surface area contributed by atoms with E-state index in [0.29, 0.717) is 17.8 Å². The Labute approximate surface area is 128 Å². The minimum Gasteiger partial charge on any atom is -0.481 e. The topological polar surface area (TPSA) is 74.6 Å². The molecule has 0 fully saturated rings. The second kappa shape index (κ2) is 9.59. The first-order chi connectivity index (χ1) is 9.61. The van der Waals surface area contributed by atoms with E-state index in [1.54, 1.807) is 6.08 Å². The van der Waals surface area contributed by atoms with Crippen molar-refractivity contribution in [2.24, 2.45) is 23.7 Å². The van der Waals surface area contributed by atoms with Crippen LogP contribution in [-0.2, 0) is 9.59 Å². The number of hydrogen-bond donors (Lipinski definition) is 2. The van der Waals surface area contributed by atoms with Gasteiger partial charge in [-0.1, -0.05) is 39.3 Å². The molecule has 0 aliphatic heterocycles. The Bertz CT molecular complexity index is 371. The molecule has 122 valence electrons. The number of carbonyl (C=O) groups is 2. The van der Waals surface area contributed by atoms with E-state index in [2.05, 4.69) is 27.7 Å². The van der Waals surface area contributed by atoms with E-state index in [4.69, 9.17) is 10.2 Å². The van der Waals surface area contributed by atoms with Gasteiger partial charge in [0.1, 0.15) is 0 Å². The van der Waals surface area contributed by atoms with Gasteiger partial charge in [0.05, 0.1) is 12.3 Å². The molecule has 21 heavy (non-hydrogen) atoms. The number of aliphatic carboxylic acids is 2. The Morgan fingerprint density at radius 2 is 1.52 bits per heavy atom. The van der Waals surface area contributed by atoms with Crippen molar-refractivity contribution in [2.75, 3.05) is 0 Å². The monoisotopic (exact) mass is 298 g/mol. The lowest BCUT2D eigenvalue weighted by Gasteiger charge is -2.19. The van der Waals surface area contributed by atoms with E-state index in [0.717, 1.165) is 18.4 Å². The highest BCUT2D eigenvalue weighted by atomic mass is 16.4. The summed E-state index contributed by atoms with van der Waals surface area (Å²) < 4.78 is 0. The lowest BCUT2D eigenvalue weighted by molar-refractivity contribution is -0.146. The summed E-state index contributed by atoms with van der Waals surface area (Å²) in [4.78, 5) is 21.7. The lowest BCUT2D eigenvalue weighted by atomic mass is 9.87. The molecule has 0 spiro atoms. The van der Waals surface area contributed by atoms with E-state index in [1.807, 2.05) is 6.92 Å². The average molecular weight is 298 g/mol. The molecule has 0 radical (unpaired) electrons. The van der Waals surface area contributed by atoms with Gasteiger partial charge in [-0.15, -0.1) is 0 Å². The molecule has 0 amide bonds. The third-order valence-electron chi connectivity index (χ3n) is 3.55. The molecular weight excluding hydrogens is 268 g/mol. The predicted molar refractivity (Wildman–Crippen MR) is 84.2 cm³/mol. The molecule has 3 unspecified atom stereocenters. The van der Waals surface area contributed by atoms with Crippen LogP contribution in [-0.4, -0.2) is 22.2 Å². The van der Waals surface area contributed by atoms with Gasteiger partial charge in [0.2, 0.25) is 0 Å². The van der Waals surface area contributed by atoms with Crippen molar-refractivity contribution in [2.45, 2.75) is 60.3 Å². The molecule has 0 aliphatic carbocycles. The lowest BCUT2D eigenvalue weighted by Crippen LogP contribution is -2.16. The van der Waals surface area contributed by atoms with Gasteiger partial charge in [-0.2, -0.15) is 0 Å². The first kappa shape index (κ1) is 19.7. The van der Waals surface area contributed by atoms with Crippen molar-refractivity contribution in [1.29, 1.82) is 0 Å². The summed E-state index contributed by atoms with van der Waals surface area (Å²) in [7, 11) is 0. The van der Waals surface area contributed by atoms with Crippen LogP contribution in [0.4, 0.5) is 0 Å². The fourth-order valence-corrected chi connectivity index (χ4v) is 3.04. The second-order valence-electron chi connectivity index (χ2n) is 6.84. The maximum absolute atomic E-state index is 11.0. The highest BCUT2D eigenvalue weighted by molar-refractivity contribution is 5.79. The smallest absolute Gasteiger partial charge is 0.310 e. The fourth-order valence-electron chi connectivity index (χ4n) is 3.04. The van der Waals surface area contributed by atoms with Crippen molar-refractivity contribution in [3.05, 3.63) is 11.6 Å². The number of hydrogen-bond acceptors (Lipinski definition) is 2. The standard InChI is InChI=1S/C17H30O4/c1-11(2)6-12(3)7-13(4)8-14(5)9-15(17(20)21)10-16(18)19/h9,11-13,15H,6-8,10H2,1-5H3,(H,18,19)(H,20,21). The van der Waals surface area contributed by atoms with E-state index in [1.165, 1.54) is 6.42 Å². The van der Waals surface area contributed by atoms with E-state index in [-0.39, 0.29) is 6.42 Å². The summed E-state index contributed by atoms with van der Waals surface area (Å²) in [6.45, 7) is 10.7. The van der Waals surface area contributed by atoms with Crippen LogP contribution < -0.4 is 0 Å². The van der Waals surface area contributed by atoms with Crippen LogP contribution in [0.15, 0.2) is 11.6 Å². The van der Waals surface area contributed by atoms with Crippen LogP contribution in [0.25, 0.3) is 0 Å². The number of rotatable bonds is 10. The Morgan fingerprint density at radius 1 is 0.952 bits per heavy atom. The molecule has 0 aromatic carbocycles. The highest BCUT2D eigenvalue weighted by Crippen LogP contribution is 2.24. The average Bonchev–Trinajstić information content (AvgIpc) is 2.24. The quantitative estimate of drug-likeness (QED) is 0.592. The summed E-state index contributed by atoms with van der Waals surface area (Å²) in [6.07, 6.45) is 4.38. The largest absolute Gasteiger partial charge is 0.481 e. The summed E-state index contributed by atoms with van der Waals surface area (Å²) in [6, 6.07) is 0. The zero-order chi connectivity index (χ0) is 16.6. The van der Waals surface area contributed by atoms with E-state index in [9.17, 15) is 9.59 Å². The van der Waals surface area contributed by atoms with Crippen LogP contribution >= 0.6 is 0 Å². The Balaban J connectivity index is 4.49. The molecule has 0 heterocycles. The maximum atomic E-state index is 11.0. The van der Waals surface area contributed by atoms with Gasteiger partial charge in [0.25, 0.3) is 0 Å². The molecule has 2 N–H and O–H groups in total. The Morgan fingerprint density at radius 3 is 1.95 bits per heavy atom. The van der Waals surface area contributed by atoms with Crippen LogP contribution in [0.2, 0.25) is 0 Å². The molecular formula is C17H30O4. The molecule has 0 aromatic rings.